The first-order valence-corrected chi connectivity index (χ1v) is 8.51. The lowest BCUT2D eigenvalue weighted by atomic mass is 10.1. The maximum Gasteiger partial charge on any atom is 0.338 e. The molecule has 0 spiro atoms. The quantitative estimate of drug-likeness (QED) is 0.744. The molecule has 0 aliphatic carbocycles. The molecule has 1 heterocycles. The Morgan fingerprint density at radius 1 is 1.27 bits per heavy atom. The topological polar surface area (TPSA) is 93.7 Å². The van der Waals surface area contributed by atoms with Gasteiger partial charge in [-0.25, -0.2) is 4.79 Å². The number of carbonyl (C=O) groups excluding carboxylic acids is 3. The molecule has 3 rings (SSSR count). The highest BCUT2D eigenvalue weighted by molar-refractivity contribution is 9.10. The Morgan fingerprint density at radius 2 is 2.08 bits per heavy atom. The standard InChI is InChI=1S/C18H15BrN2O5/c1-10-6-12(3-4-13(10)19)20-16(22)9-26-18(24)11-2-5-14-15(7-11)25-8-17(23)21-14/h2-7H,8-9H2,1H3,(H,20,22)(H,21,23). The molecule has 1 aliphatic rings. The molecule has 2 N–H and O–H groups in total. The van der Waals surface area contributed by atoms with Gasteiger partial charge in [-0.2, -0.15) is 0 Å². The minimum absolute atomic E-state index is 0.111. The lowest BCUT2D eigenvalue weighted by Gasteiger charge is -2.18. The van der Waals surface area contributed by atoms with Crippen LogP contribution < -0.4 is 15.4 Å². The average Bonchev–Trinajstić information content (AvgIpc) is 2.62. The normalized spacial score (nSPS) is 12.5. The van der Waals surface area contributed by atoms with Gasteiger partial charge in [0.15, 0.2) is 13.2 Å². The number of anilines is 2. The van der Waals surface area contributed by atoms with Crippen LogP contribution in [0.3, 0.4) is 0 Å². The van der Waals surface area contributed by atoms with Crippen LogP contribution in [0.4, 0.5) is 11.4 Å². The minimum atomic E-state index is -0.657. The van der Waals surface area contributed by atoms with Crippen LogP contribution in [0.1, 0.15) is 15.9 Å². The van der Waals surface area contributed by atoms with Crippen molar-refractivity contribution in [2.45, 2.75) is 6.92 Å². The van der Waals surface area contributed by atoms with Gasteiger partial charge in [-0.05, 0) is 48.9 Å². The highest BCUT2D eigenvalue weighted by Gasteiger charge is 2.19. The van der Waals surface area contributed by atoms with Crippen LogP contribution in [0.25, 0.3) is 0 Å². The zero-order valence-corrected chi connectivity index (χ0v) is 15.4. The van der Waals surface area contributed by atoms with Crippen LogP contribution in [-0.2, 0) is 14.3 Å². The van der Waals surface area contributed by atoms with Crippen molar-refractivity contribution in [2.24, 2.45) is 0 Å². The predicted molar refractivity (Wildman–Crippen MR) is 98.4 cm³/mol. The Labute approximate surface area is 157 Å². The number of aryl methyl sites for hydroxylation is 1. The predicted octanol–water partition coefficient (Wildman–Crippen LogP) is 2.88. The summed E-state index contributed by atoms with van der Waals surface area (Å²) in [6.07, 6.45) is 0. The highest BCUT2D eigenvalue weighted by atomic mass is 79.9. The van der Waals surface area contributed by atoms with Gasteiger partial charge < -0.3 is 20.1 Å². The summed E-state index contributed by atoms with van der Waals surface area (Å²) >= 11 is 3.39. The molecule has 2 aromatic rings. The minimum Gasteiger partial charge on any atom is -0.482 e. The average molecular weight is 419 g/mol. The van der Waals surface area contributed by atoms with E-state index in [1.165, 1.54) is 12.1 Å². The lowest BCUT2D eigenvalue weighted by molar-refractivity contribution is -0.119. The molecule has 26 heavy (non-hydrogen) atoms. The first-order valence-electron chi connectivity index (χ1n) is 7.72. The van der Waals surface area contributed by atoms with Gasteiger partial charge >= 0.3 is 5.97 Å². The third-order valence-corrected chi connectivity index (χ3v) is 4.52. The number of hydrogen-bond donors (Lipinski definition) is 2. The number of hydrogen-bond acceptors (Lipinski definition) is 5. The number of amides is 2. The first kappa shape index (κ1) is 17.9. The second kappa shape index (κ2) is 7.57. The Balaban J connectivity index is 1.57. The number of esters is 1. The van der Waals surface area contributed by atoms with E-state index in [0.29, 0.717) is 17.1 Å². The van der Waals surface area contributed by atoms with E-state index < -0.39 is 18.5 Å². The third kappa shape index (κ3) is 4.20. The van der Waals surface area contributed by atoms with Crippen molar-refractivity contribution in [2.75, 3.05) is 23.8 Å². The number of nitrogens with one attached hydrogen (secondary N) is 2. The summed E-state index contributed by atoms with van der Waals surface area (Å²) in [5, 5.41) is 5.29. The van der Waals surface area contributed by atoms with E-state index in [-0.39, 0.29) is 18.1 Å². The van der Waals surface area contributed by atoms with Crippen LogP contribution >= 0.6 is 15.9 Å². The Morgan fingerprint density at radius 3 is 2.85 bits per heavy atom. The number of rotatable bonds is 4. The van der Waals surface area contributed by atoms with E-state index in [1.54, 1.807) is 18.2 Å². The molecular weight excluding hydrogens is 404 g/mol. The van der Waals surface area contributed by atoms with Gasteiger partial charge in [-0.15, -0.1) is 0 Å². The first-order chi connectivity index (χ1) is 12.4. The summed E-state index contributed by atoms with van der Waals surface area (Å²) in [6, 6.07) is 9.88. The van der Waals surface area contributed by atoms with Crippen molar-refractivity contribution >= 4 is 45.1 Å². The number of carbonyl (C=O) groups is 3. The van der Waals surface area contributed by atoms with Crippen LogP contribution in [0.15, 0.2) is 40.9 Å². The molecule has 2 amide bonds. The third-order valence-electron chi connectivity index (χ3n) is 3.63. The molecule has 0 unspecified atom stereocenters. The van der Waals surface area contributed by atoms with E-state index in [1.807, 2.05) is 13.0 Å². The monoisotopic (exact) mass is 418 g/mol. The second-order valence-corrected chi connectivity index (χ2v) is 6.49. The Hall–Kier alpha value is -2.87. The van der Waals surface area contributed by atoms with Gasteiger partial charge in [-0.1, -0.05) is 15.9 Å². The van der Waals surface area contributed by atoms with Crippen LogP contribution in [0.5, 0.6) is 5.75 Å². The van der Waals surface area contributed by atoms with Crippen LogP contribution in [0, 0.1) is 6.92 Å². The van der Waals surface area contributed by atoms with Crippen molar-refractivity contribution in [3.05, 3.63) is 52.0 Å². The van der Waals surface area contributed by atoms with Gasteiger partial charge in [0.1, 0.15) is 5.75 Å². The molecule has 134 valence electrons. The summed E-state index contributed by atoms with van der Waals surface area (Å²) in [6.45, 7) is 1.38. The van der Waals surface area contributed by atoms with E-state index >= 15 is 0 Å². The summed E-state index contributed by atoms with van der Waals surface area (Å²) < 4.78 is 11.2. The van der Waals surface area contributed by atoms with Gasteiger partial charge in [0.2, 0.25) is 0 Å². The van der Waals surface area contributed by atoms with Gasteiger partial charge in [0, 0.05) is 10.2 Å². The maximum atomic E-state index is 12.1. The molecular formula is C18H15BrN2O5. The SMILES string of the molecule is Cc1cc(NC(=O)COC(=O)c2ccc3c(c2)OCC(=O)N3)ccc1Br. The highest BCUT2D eigenvalue weighted by Crippen LogP contribution is 2.28. The van der Waals surface area contributed by atoms with E-state index in [0.717, 1.165) is 10.0 Å². The van der Waals surface area contributed by atoms with Crippen molar-refractivity contribution < 1.29 is 23.9 Å². The molecule has 0 aromatic heterocycles. The molecule has 0 bridgehead atoms. The number of halogens is 1. The van der Waals surface area contributed by atoms with Crippen molar-refractivity contribution in [3.63, 3.8) is 0 Å². The van der Waals surface area contributed by atoms with Crippen molar-refractivity contribution in [3.8, 4) is 5.75 Å². The molecule has 7 nitrogen and oxygen atoms in total. The molecule has 0 saturated carbocycles. The van der Waals surface area contributed by atoms with Gasteiger partial charge in [0.25, 0.3) is 11.8 Å². The molecule has 0 fully saturated rings. The fourth-order valence-corrected chi connectivity index (χ4v) is 2.58. The van der Waals surface area contributed by atoms with E-state index in [4.69, 9.17) is 9.47 Å². The molecule has 8 heteroatoms. The molecule has 0 saturated heterocycles. The molecule has 0 radical (unpaired) electrons. The van der Waals surface area contributed by atoms with Crippen LogP contribution in [0.2, 0.25) is 0 Å². The maximum absolute atomic E-state index is 12.1. The number of fused-ring (bicyclic) bond motifs is 1. The van der Waals surface area contributed by atoms with Gasteiger partial charge in [0.05, 0.1) is 11.3 Å². The zero-order valence-electron chi connectivity index (χ0n) is 13.8. The lowest BCUT2D eigenvalue weighted by Crippen LogP contribution is -2.25. The van der Waals surface area contributed by atoms with Crippen LogP contribution in [-0.4, -0.2) is 31.0 Å². The zero-order chi connectivity index (χ0) is 18.7. The fraction of sp³-hybridized carbons (Fsp3) is 0.167. The smallest absolute Gasteiger partial charge is 0.338 e. The molecule has 2 aromatic carbocycles. The van der Waals surface area contributed by atoms with E-state index in [2.05, 4.69) is 26.6 Å². The van der Waals surface area contributed by atoms with Gasteiger partial charge in [-0.3, -0.25) is 9.59 Å². The Kier molecular flexibility index (Phi) is 5.22. The summed E-state index contributed by atoms with van der Waals surface area (Å²) in [5.74, 6) is -0.974. The van der Waals surface area contributed by atoms with Crippen molar-refractivity contribution in [1.29, 1.82) is 0 Å². The number of benzene rings is 2. The largest absolute Gasteiger partial charge is 0.482 e. The Bertz CT molecular complexity index is 897. The number of ether oxygens (including phenoxy) is 2. The van der Waals surface area contributed by atoms with Crippen molar-refractivity contribution in [1.82, 2.24) is 0 Å². The fourth-order valence-electron chi connectivity index (χ4n) is 2.34. The summed E-state index contributed by atoms with van der Waals surface area (Å²) in [4.78, 5) is 35.3. The molecule has 0 atom stereocenters. The van der Waals surface area contributed by atoms with E-state index in [9.17, 15) is 14.4 Å². The second-order valence-electron chi connectivity index (χ2n) is 5.64. The molecule has 1 aliphatic heterocycles. The summed E-state index contributed by atoms with van der Waals surface area (Å²) in [5.41, 5.74) is 2.30. The summed E-state index contributed by atoms with van der Waals surface area (Å²) in [7, 11) is 0.